The Bertz CT molecular complexity index is 672. The van der Waals surface area contributed by atoms with Gasteiger partial charge in [0.1, 0.15) is 5.75 Å². The van der Waals surface area contributed by atoms with Gasteiger partial charge < -0.3 is 14.8 Å². The van der Waals surface area contributed by atoms with Gasteiger partial charge in [-0.2, -0.15) is 4.31 Å². The average molecular weight is 384 g/mol. The molecule has 1 aromatic rings. The van der Waals surface area contributed by atoms with Crippen LogP contribution in [0.5, 0.6) is 5.75 Å². The Hall–Kier alpha value is -1.64. The lowest BCUT2D eigenvalue weighted by Gasteiger charge is -2.25. The molecule has 1 N–H and O–H groups in total. The van der Waals surface area contributed by atoms with Crippen LogP contribution in [0.15, 0.2) is 24.3 Å². The maximum Gasteiger partial charge on any atom is 0.221 e. The molecular weight excluding hydrogens is 356 g/mol. The van der Waals surface area contributed by atoms with Crippen LogP contribution in [0.25, 0.3) is 0 Å². The minimum atomic E-state index is -3.38. The number of nitrogens with zero attached hydrogens (tertiary/aromatic N) is 1. The molecule has 0 aliphatic carbocycles. The molecule has 0 saturated carbocycles. The number of amides is 1. The van der Waals surface area contributed by atoms with Crippen LogP contribution in [0, 0.1) is 0 Å². The monoisotopic (exact) mass is 384 g/mol. The van der Waals surface area contributed by atoms with Gasteiger partial charge in [-0.25, -0.2) is 8.42 Å². The number of benzene rings is 1. The van der Waals surface area contributed by atoms with Gasteiger partial charge in [0.05, 0.1) is 26.1 Å². The molecule has 0 spiro atoms. The molecule has 146 valence electrons. The molecular formula is C18H28N2O5S. The second-order valence-corrected chi connectivity index (χ2v) is 8.28. The van der Waals surface area contributed by atoms with Crippen molar-refractivity contribution >= 4 is 15.9 Å². The smallest absolute Gasteiger partial charge is 0.221 e. The van der Waals surface area contributed by atoms with Gasteiger partial charge in [-0.3, -0.25) is 4.79 Å². The van der Waals surface area contributed by atoms with Crippen molar-refractivity contribution in [1.29, 1.82) is 0 Å². The van der Waals surface area contributed by atoms with Gasteiger partial charge in [-0.1, -0.05) is 18.2 Å². The van der Waals surface area contributed by atoms with Crippen molar-refractivity contribution in [3.8, 4) is 5.75 Å². The first-order valence-corrected chi connectivity index (χ1v) is 10.6. The van der Waals surface area contributed by atoms with Crippen molar-refractivity contribution in [2.24, 2.45) is 0 Å². The van der Waals surface area contributed by atoms with Crippen LogP contribution in [0.4, 0.5) is 0 Å². The first kappa shape index (κ1) is 20.7. The maximum absolute atomic E-state index is 12.2. The molecule has 0 aromatic heterocycles. The van der Waals surface area contributed by atoms with Gasteiger partial charge in [-0.15, -0.1) is 0 Å². The highest BCUT2D eigenvalue weighted by Crippen LogP contribution is 2.19. The Morgan fingerprint density at radius 2 is 1.96 bits per heavy atom. The number of sulfonamides is 1. The highest BCUT2D eigenvalue weighted by Gasteiger charge is 2.24. The lowest BCUT2D eigenvalue weighted by Crippen LogP contribution is -2.42. The quantitative estimate of drug-likeness (QED) is 0.613. The fourth-order valence-corrected chi connectivity index (χ4v) is 4.25. The molecule has 0 radical (unpaired) electrons. The number of carbonyl (C=O) groups excluding carboxylic acids is 1. The largest absolute Gasteiger partial charge is 0.496 e. The van der Waals surface area contributed by atoms with Gasteiger partial charge in [0.2, 0.25) is 15.9 Å². The predicted molar refractivity (Wildman–Crippen MR) is 99.7 cm³/mol. The summed E-state index contributed by atoms with van der Waals surface area (Å²) in [6.45, 7) is 2.11. The number of nitrogens with one attached hydrogen (secondary N) is 1. The summed E-state index contributed by atoms with van der Waals surface area (Å²) in [6.07, 6.45) is 2.63. The van der Waals surface area contributed by atoms with E-state index in [0.29, 0.717) is 32.8 Å². The number of para-hydroxylation sites is 1. The van der Waals surface area contributed by atoms with Gasteiger partial charge in [0, 0.05) is 26.1 Å². The van der Waals surface area contributed by atoms with E-state index in [2.05, 4.69) is 5.32 Å². The number of methoxy groups -OCH3 is 1. The minimum Gasteiger partial charge on any atom is -0.496 e. The minimum absolute atomic E-state index is 0.00774. The highest BCUT2D eigenvalue weighted by molar-refractivity contribution is 7.89. The molecule has 0 unspecified atom stereocenters. The van der Waals surface area contributed by atoms with Crippen LogP contribution in [0.2, 0.25) is 0 Å². The molecule has 1 saturated heterocycles. The van der Waals surface area contributed by atoms with E-state index in [4.69, 9.17) is 9.47 Å². The number of morpholine rings is 1. The van der Waals surface area contributed by atoms with Crippen molar-refractivity contribution in [2.45, 2.75) is 25.7 Å². The molecule has 1 aromatic carbocycles. The summed E-state index contributed by atoms with van der Waals surface area (Å²) in [6, 6.07) is 7.89. The Morgan fingerprint density at radius 3 is 2.69 bits per heavy atom. The second-order valence-electron chi connectivity index (χ2n) is 6.20. The molecule has 2 rings (SSSR count). The summed E-state index contributed by atoms with van der Waals surface area (Å²) < 4.78 is 36.2. The molecule has 0 bridgehead atoms. The van der Waals surface area contributed by atoms with E-state index in [1.807, 2.05) is 24.3 Å². The van der Waals surface area contributed by atoms with Crippen molar-refractivity contribution < 1.29 is 22.7 Å². The normalized spacial score (nSPS) is 15.6. The van der Waals surface area contributed by atoms with E-state index < -0.39 is 10.0 Å². The van der Waals surface area contributed by atoms with E-state index in [1.54, 1.807) is 7.11 Å². The van der Waals surface area contributed by atoms with Gasteiger partial charge in [0.25, 0.3) is 0 Å². The van der Waals surface area contributed by atoms with Crippen LogP contribution >= 0.6 is 0 Å². The van der Waals surface area contributed by atoms with Crippen molar-refractivity contribution in [2.75, 3.05) is 45.7 Å². The van der Waals surface area contributed by atoms with Gasteiger partial charge in [0.15, 0.2) is 0 Å². The molecule has 26 heavy (non-hydrogen) atoms. The van der Waals surface area contributed by atoms with Crippen molar-refractivity contribution in [3.63, 3.8) is 0 Å². The van der Waals surface area contributed by atoms with E-state index in [-0.39, 0.29) is 18.1 Å². The molecule has 8 heteroatoms. The molecule has 1 aliphatic heterocycles. The van der Waals surface area contributed by atoms with Crippen LogP contribution in [0.1, 0.15) is 24.8 Å². The summed E-state index contributed by atoms with van der Waals surface area (Å²) in [5.41, 5.74) is 1.15. The number of aryl methyl sites for hydroxylation is 1. The SMILES string of the molecule is COc1ccccc1CCCCNC(=O)CCS(=O)(=O)N1CCOCC1. The highest BCUT2D eigenvalue weighted by atomic mass is 32.2. The van der Waals surface area contributed by atoms with E-state index in [1.165, 1.54) is 4.31 Å². The fourth-order valence-electron chi connectivity index (χ4n) is 2.84. The maximum atomic E-state index is 12.2. The third-order valence-electron chi connectivity index (χ3n) is 4.34. The third-order valence-corrected chi connectivity index (χ3v) is 6.21. The van der Waals surface area contributed by atoms with Gasteiger partial charge in [-0.05, 0) is 30.9 Å². The zero-order valence-corrected chi connectivity index (χ0v) is 16.1. The Kier molecular flexibility index (Phi) is 8.34. The summed E-state index contributed by atoms with van der Waals surface area (Å²) in [5, 5.41) is 2.80. The standard InChI is InChI=1S/C18H28N2O5S/c1-24-17-8-3-2-6-16(17)7-4-5-10-19-18(21)9-15-26(22,23)20-11-13-25-14-12-20/h2-3,6,8H,4-5,7,9-15H2,1H3,(H,19,21). The second kappa shape index (κ2) is 10.5. The predicted octanol–water partition coefficient (Wildman–Crippen LogP) is 1.19. The number of carbonyl (C=O) groups is 1. The fraction of sp³-hybridized carbons (Fsp3) is 0.611. The molecule has 1 fully saturated rings. The Morgan fingerprint density at radius 1 is 1.23 bits per heavy atom. The van der Waals surface area contributed by atoms with E-state index in [9.17, 15) is 13.2 Å². The summed E-state index contributed by atoms with van der Waals surface area (Å²) in [4.78, 5) is 11.9. The van der Waals surface area contributed by atoms with E-state index >= 15 is 0 Å². The summed E-state index contributed by atoms with van der Waals surface area (Å²) in [7, 11) is -1.72. The number of hydrogen-bond acceptors (Lipinski definition) is 5. The lowest BCUT2D eigenvalue weighted by molar-refractivity contribution is -0.120. The molecule has 1 amide bonds. The van der Waals surface area contributed by atoms with Crippen LogP contribution in [-0.2, 0) is 26.0 Å². The Balaban J connectivity index is 1.61. The van der Waals surface area contributed by atoms with E-state index in [0.717, 1.165) is 30.6 Å². The van der Waals surface area contributed by atoms with Crippen LogP contribution < -0.4 is 10.1 Å². The van der Waals surface area contributed by atoms with Crippen LogP contribution in [-0.4, -0.2) is 64.3 Å². The molecule has 1 aliphatic rings. The average Bonchev–Trinajstić information content (AvgIpc) is 2.67. The van der Waals surface area contributed by atoms with Crippen molar-refractivity contribution in [1.82, 2.24) is 9.62 Å². The first-order valence-electron chi connectivity index (χ1n) is 8.97. The summed E-state index contributed by atoms with van der Waals surface area (Å²) >= 11 is 0. The Labute approximate surface area is 155 Å². The molecule has 7 nitrogen and oxygen atoms in total. The number of unbranched alkanes of at least 4 members (excludes halogenated alkanes) is 1. The van der Waals surface area contributed by atoms with Crippen LogP contribution in [0.3, 0.4) is 0 Å². The topological polar surface area (TPSA) is 84.9 Å². The summed E-state index contributed by atoms with van der Waals surface area (Å²) in [5.74, 6) is 0.504. The molecule has 0 atom stereocenters. The number of ether oxygens (including phenoxy) is 2. The lowest BCUT2D eigenvalue weighted by atomic mass is 10.1. The molecule has 1 heterocycles. The zero-order valence-electron chi connectivity index (χ0n) is 15.3. The first-order chi connectivity index (χ1) is 12.5. The number of rotatable bonds is 10. The zero-order chi connectivity index (χ0) is 18.8. The van der Waals surface area contributed by atoms with Crippen molar-refractivity contribution in [3.05, 3.63) is 29.8 Å². The van der Waals surface area contributed by atoms with Gasteiger partial charge >= 0.3 is 0 Å². The number of hydrogen-bond donors (Lipinski definition) is 1. The third kappa shape index (κ3) is 6.59.